The molecule has 4 nitrogen and oxygen atoms in total. The van der Waals surface area contributed by atoms with Gasteiger partial charge in [-0.3, -0.25) is 9.48 Å². The number of fused-ring (bicyclic) bond motifs is 1. The summed E-state index contributed by atoms with van der Waals surface area (Å²) in [5.41, 5.74) is 1.18. The first-order valence-corrected chi connectivity index (χ1v) is 8.93. The Morgan fingerprint density at radius 1 is 1.42 bits per heavy atom. The van der Waals surface area contributed by atoms with E-state index in [9.17, 15) is 4.79 Å². The van der Waals surface area contributed by atoms with Crippen molar-refractivity contribution in [3.05, 3.63) is 58.2 Å². The van der Waals surface area contributed by atoms with Crippen LogP contribution in [0.15, 0.2) is 42.7 Å². The van der Waals surface area contributed by atoms with E-state index in [0.717, 1.165) is 27.8 Å². The van der Waals surface area contributed by atoms with Gasteiger partial charge in [-0.05, 0) is 30.5 Å². The van der Waals surface area contributed by atoms with E-state index in [1.54, 1.807) is 28.2 Å². The first-order chi connectivity index (χ1) is 11.6. The quantitative estimate of drug-likeness (QED) is 0.533. The summed E-state index contributed by atoms with van der Waals surface area (Å²) in [6.45, 7) is 0.637. The Morgan fingerprint density at radius 3 is 3.00 bits per heavy atom. The van der Waals surface area contributed by atoms with Crippen molar-refractivity contribution in [2.45, 2.75) is 12.8 Å². The molecule has 0 aliphatic carbocycles. The number of halogens is 1. The average Bonchev–Trinajstić information content (AvgIpc) is 3.14. The van der Waals surface area contributed by atoms with Crippen molar-refractivity contribution in [2.24, 2.45) is 7.05 Å². The normalized spacial score (nSPS) is 11.4. The molecule has 1 aromatic carbocycles. The zero-order valence-electron chi connectivity index (χ0n) is 13.3. The highest BCUT2D eigenvalue weighted by Crippen LogP contribution is 2.35. The van der Waals surface area contributed by atoms with E-state index >= 15 is 0 Å². The van der Waals surface area contributed by atoms with E-state index in [0.29, 0.717) is 11.6 Å². The largest absolute Gasteiger partial charge is 0.353 e. The standard InChI is InChI=1S/C18H18ClN3OS/c1-22-12-13(11-21-22)5-4-10-20-17(23)9-8-16-18(19)14-6-2-3-7-15(14)24-16/h2-3,6-9,11-12H,4-5,10H2,1H3,(H,20,23)/b9-8+. The first kappa shape index (κ1) is 16.7. The smallest absolute Gasteiger partial charge is 0.244 e. The van der Waals surface area contributed by atoms with Crippen LogP contribution in [0.3, 0.4) is 0 Å². The van der Waals surface area contributed by atoms with Gasteiger partial charge in [0.05, 0.1) is 11.2 Å². The molecule has 0 saturated heterocycles. The zero-order valence-corrected chi connectivity index (χ0v) is 14.9. The molecule has 24 heavy (non-hydrogen) atoms. The Hall–Kier alpha value is -2.11. The summed E-state index contributed by atoms with van der Waals surface area (Å²) in [5, 5.41) is 8.75. The molecule has 3 aromatic rings. The van der Waals surface area contributed by atoms with Crippen LogP contribution in [0.1, 0.15) is 16.9 Å². The fraction of sp³-hybridized carbons (Fsp3) is 0.222. The van der Waals surface area contributed by atoms with Crippen molar-refractivity contribution in [2.75, 3.05) is 6.54 Å². The van der Waals surface area contributed by atoms with Crippen LogP contribution >= 0.6 is 22.9 Å². The van der Waals surface area contributed by atoms with E-state index in [1.165, 1.54) is 5.56 Å². The Labute approximate surface area is 149 Å². The molecule has 0 radical (unpaired) electrons. The molecule has 0 fully saturated rings. The minimum atomic E-state index is -0.102. The molecule has 0 unspecified atom stereocenters. The molecule has 0 aliphatic heterocycles. The molecule has 2 aromatic heterocycles. The number of nitrogens with zero attached hydrogens (tertiary/aromatic N) is 2. The third-order valence-corrected chi connectivity index (χ3v) is 5.30. The number of benzene rings is 1. The summed E-state index contributed by atoms with van der Waals surface area (Å²) in [6.07, 6.45) is 8.95. The number of amides is 1. The van der Waals surface area contributed by atoms with Crippen molar-refractivity contribution in [3.8, 4) is 0 Å². The summed E-state index contributed by atoms with van der Waals surface area (Å²) >= 11 is 7.94. The fourth-order valence-electron chi connectivity index (χ4n) is 2.46. The maximum Gasteiger partial charge on any atom is 0.244 e. The highest BCUT2D eigenvalue weighted by atomic mass is 35.5. The number of nitrogens with one attached hydrogen (secondary N) is 1. The Kier molecular flexibility index (Phi) is 5.33. The summed E-state index contributed by atoms with van der Waals surface area (Å²) in [6, 6.07) is 7.97. The Morgan fingerprint density at radius 2 is 2.25 bits per heavy atom. The van der Waals surface area contributed by atoms with Crippen LogP contribution in [0.2, 0.25) is 5.02 Å². The van der Waals surface area contributed by atoms with E-state index < -0.39 is 0 Å². The molecule has 6 heteroatoms. The lowest BCUT2D eigenvalue weighted by molar-refractivity contribution is -0.116. The molecule has 3 rings (SSSR count). The van der Waals surface area contributed by atoms with Crippen molar-refractivity contribution in [3.63, 3.8) is 0 Å². The molecular weight excluding hydrogens is 342 g/mol. The van der Waals surface area contributed by atoms with E-state index in [-0.39, 0.29) is 5.91 Å². The van der Waals surface area contributed by atoms with Gasteiger partial charge in [-0.1, -0.05) is 29.8 Å². The van der Waals surface area contributed by atoms with Crippen molar-refractivity contribution in [1.82, 2.24) is 15.1 Å². The topological polar surface area (TPSA) is 46.9 Å². The molecular formula is C18H18ClN3OS. The second-order valence-corrected chi connectivity index (χ2v) is 6.99. The second-order valence-electron chi connectivity index (χ2n) is 5.53. The first-order valence-electron chi connectivity index (χ1n) is 7.74. The van der Waals surface area contributed by atoms with Crippen LogP contribution in [0.4, 0.5) is 0 Å². The molecule has 1 N–H and O–H groups in total. The summed E-state index contributed by atoms with van der Waals surface area (Å²) < 4.78 is 2.91. The number of aryl methyl sites for hydroxylation is 2. The predicted octanol–water partition coefficient (Wildman–Crippen LogP) is 4.05. The highest BCUT2D eigenvalue weighted by Gasteiger charge is 2.07. The van der Waals surface area contributed by atoms with Crippen LogP contribution in [0.25, 0.3) is 16.2 Å². The van der Waals surface area contributed by atoms with Gasteiger partial charge in [0.25, 0.3) is 0 Å². The molecule has 0 spiro atoms. The van der Waals surface area contributed by atoms with Crippen LogP contribution in [-0.4, -0.2) is 22.2 Å². The maximum atomic E-state index is 11.9. The Balaban J connectivity index is 1.50. The number of hydrogen-bond acceptors (Lipinski definition) is 3. The van der Waals surface area contributed by atoms with Crippen LogP contribution in [0, 0.1) is 0 Å². The lowest BCUT2D eigenvalue weighted by Crippen LogP contribution is -2.22. The number of carbonyl (C=O) groups is 1. The van der Waals surface area contributed by atoms with Gasteiger partial charge < -0.3 is 5.32 Å². The van der Waals surface area contributed by atoms with Crippen molar-refractivity contribution < 1.29 is 4.79 Å². The van der Waals surface area contributed by atoms with Crippen molar-refractivity contribution in [1.29, 1.82) is 0 Å². The Bertz CT molecular complexity index is 881. The second kappa shape index (κ2) is 7.64. The van der Waals surface area contributed by atoms with Crippen molar-refractivity contribution >= 4 is 45.0 Å². The monoisotopic (exact) mass is 359 g/mol. The summed E-state index contributed by atoms with van der Waals surface area (Å²) in [4.78, 5) is 12.8. The third kappa shape index (κ3) is 4.04. The van der Waals surface area contributed by atoms with Gasteiger partial charge in [0.2, 0.25) is 5.91 Å². The molecule has 0 aliphatic rings. The zero-order chi connectivity index (χ0) is 16.9. The number of aromatic nitrogens is 2. The fourth-order valence-corrected chi connectivity index (χ4v) is 3.85. The summed E-state index contributed by atoms with van der Waals surface area (Å²) in [5.74, 6) is -0.102. The van der Waals surface area contributed by atoms with Gasteiger partial charge in [0, 0.05) is 40.8 Å². The molecule has 0 atom stereocenters. The maximum absolute atomic E-state index is 11.9. The van der Waals surface area contributed by atoms with Gasteiger partial charge in [0.15, 0.2) is 0 Å². The van der Waals surface area contributed by atoms with Crippen LogP contribution < -0.4 is 5.32 Å². The lowest BCUT2D eigenvalue weighted by Gasteiger charge is -2.00. The van der Waals surface area contributed by atoms with Gasteiger partial charge in [-0.15, -0.1) is 11.3 Å². The number of rotatable bonds is 6. The molecule has 1 amide bonds. The molecule has 124 valence electrons. The number of hydrogen-bond donors (Lipinski definition) is 1. The van der Waals surface area contributed by atoms with Crippen LogP contribution in [-0.2, 0) is 18.3 Å². The third-order valence-electron chi connectivity index (χ3n) is 3.65. The summed E-state index contributed by atoms with van der Waals surface area (Å²) in [7, 11) is 1.90. The van der Waals surface area contributed by atoms with Gasteiger partial charge in [0.1, 0.15) is 0 Å². The highest BCUT2D eigenvalue weighted by molar-refractivity contribution is 7.20. The van der Waals surface area contributed by atoms with Crippen LogP contribution in [0.5, 0.6) is 0 Å². The number of carbonyl (C=O) groups excluding carboxylic acids is 1. The molecule has 0 saturated carbocycles. The van der Waals surface area contributed by atoms with E-state index in [1.807, 2.05) is 43.7 Å². The minimum absolute atomic E-state index is 0.102. The minimum Gasteiger partial charge on any atom is -0.353 e. The van der Waals surface area contributed by atoms with Gasteiger partial charge >= 0.3 is 0 Å². The van der Waals surface area contributed by atoms with Gasteiger partial charge in [-0.25, -0.2) is 0 Å². The predicted molar refractivity (Wildman–Crippen MR) is 100 cm³/mol. The number of thiophene rings is 1. The van der Waals surface area contributed by atoms with Gasteiger partial charge in [-0.2, -0.15) is 5.10 Å². The SMILES string of the molecule is Cn1cc(CCCNC(=O)/C=C/c2sc3ccccc3c2Cl)cn1. The average molecular weight is 360 g/mol. The lowest BCUT2D eigenvalue weighted by atomic mass is 10.2. The van der Waals surface area contributed by atoms with E-state index in [4.69, 9.17) is 11.6 Å². The molecule has 0 bridgehead atoms. The molecule has 2 heterocycles. The van der Waals surface area contributed by atoms with E-state index in [2.05, 4.69) is 10.4 Å².